The first-order chi connectivity index (χ1) is 11.6. The molecule has 122 valence electrons. The van der Waals surface area contributed by atoms with Crippen molar-refractivity contribution in [3.63, 3.8) is 0 Å². The van der Waals surface area contributed by atoms with Gasteiger partial charge in [0.2, 0.25) is 0 Å². The lowest BCUT2D eigenvalue weighted by atomic mass is 10.1. The van der Waals surface area contributed by atoms with Crippen molar-refractivity contribution in [1.82, 2.24) is 4.57 Å². The van der Waals surface area contributed by atoms with Crippen molar-refractivity contribution >= 4 is 10.9 Å². The van der Waals surface area contributed by atoms with Crippen LogP contribution in [0.3, 0.4) is 0 Å². The van der Waals surface area contributed by atoms with E-state index in [2.05, 4.69) is 54.1 Å². The second kappa shape index (κ2) is 6.79. The summed E-state index contributed by atoms with van der Waals surface area (Å²) in [5, 5.41) is 11.8. The van der Waals surface area contributed by atoms with E-state index in [9.17, 15) is 5.11 Å². The molecule has 0 bridgehead atoms. The molecule has 0 saturated heterocycles. The lowest BCUT2D eigenvalue weighted by Crippen LogP contribution is -2.11. The van der Waals surface area contributed by atoms with Crippen molar-refractivity contribution in [2.24, 2.45) is 0 Å². The minimum Gasteiger partial charge on any atom is -0.490 e. The molecule has 1 aromatic heterocycles. The molecule has 24 heavy (non-hydrogen) atoms. The second-order valence-electron chi connectivity index (χ2n) is 5.85. The molecule has 0 aliphatic carbocycles. The van der Waals surface area contributed by atoms with Crippen molar-refractivity contribution in [2.45, 2.75) is 19.6 Å². The molecule has 0 fully saturated rings. The number of hydrogen-bond acceptors (Lipinski definition) is 2. The van der Waals surface area contributed by atoms with Crippen LogP contribution in [-0.4, -0.2) is 16.8 Å². The lowest BCUT2D eigenvalue weighted by molar-refractivity contribution is 0.124. The highest BCUT2D eigenvalue weighted by Crippen LogP contribution is 2.30. The fraction of sp³-hybridized carbons (Fsp3) is 0.190. The fourth-order valence-electron chi connectivity index (χ4n) is 3.00. The van der Waals surface area contributed by atoms with Crippen LogP contribution >= 0.6 is 0 Å². The Morgan fingerprint density at radius 2 is 1.96 bits per heavy atom. The molecule has 0 spiro atoms. The summed E-state index contributed by atoms with van der Waals surface area (Å²) in [6.45, 7) is 6.34. The van der Waals surface area contributed by atoms with Crippen LogP contribution in [0.25, 0.3) is 10.9 Å². The lowest BCUT2D eigenvalue weighted by Gasteiger charge is -2.16. The van der Waals surface area contributed by atoms with Crippen molar-refractivity contribution < 1.29 is 9.84 Å². The van der Waals surface area contributed by atoms with Gasteiger partial charge in [0.05, 0.1) is 12.8 Å². The Morgan fingerprint density at radius 1 is 1.21 bits per heavy atom. The topological polar surface area (TPSA) is 34.4 Å². The number of ether oxygens (including phenoxy) is 1. The van der Waals surface area contributed by atoms with E-state index in [0.717, 1.165) is 16.6 Å². The third-order valence-electron chi connectivity index (χ3n) is 4.20. The number of methoxy groups -OCH3 is 1. The monoisotopic (exact) mass is 319 g/mol. The van der Waals surface area contributed by atoms with Gasteiger partial charge in [0.25, 0.3) is 0 Å². The normalized spacial score (nSPS) is 12.0. The number of aliphatic hydroxyl groups excluding tert-OH is 1. The molecule has 3 aromatic rings. The average Bonchev–Trinajstić information content (AvgIpc) is 2.94. The van der Waals surface area contributed by atoms with E-state index >= 15 is 0 Å². The van der Waals surface area contributed by atoms with Gasteiger partial charge in [0, 0.05) is 17.4 Å². The van der Waals surface area contributed by atoms with Gasteiger partial charge in [-0.05, 0) is 30.7 Å². The molecule has 1 heterocycles. The quantitative estimate of drug-likeness (QED) is 0.560. The minimum atomic E-state index is -0.899. The van der Waals surface area contributed by atoms with Gasteiger partial charge in [-0.15, -0.1) is 0 Å². The van der Waals surface area contributed by atoms with Crippen LogP contribution in [-0.2, 0) is 11.3 Å². The van der Waals surface area contributed by atoms with E-state index in [1.165, 1.54) is 18.2 Å². The third kappa shape index (κ3) is 3.00. The molecule has 3 rings (SSSR count). The number of aromatic nitrogens is 1. The van der Waals surface area contributed by atoms with E-state index in [4.69, 9.17) is 4.74 Å². The van der Waals surface area contributed by atoms with Crippen molar-refractivity contribution in [3.05, 3.63) is 89.5 Å². The van der Waals surface area contributed by atoms with Gasteiger partial charge in [-0.1, -0.05) is 54.3 Å². The van der Waals surface area contributed by atoms with Crippen LogP contribution in [0.1, 0.15) is 22.9 Å². The van der Waals surface area contributed by atoms with Gasteiger partial charge in [0.1, 0.15) is 0 Å². The number of nitrogens with zero attached hydrogens (tertiary/aromatic N) is 1. The summed E-state index contributed by atoms with van der Waals surface area (Å²) in [6.07, 6.45) is -0.899. The molecule has 1 unspecified atom stereocenters. The van der Waals surface area contributed by atoms with Gasteiger partial charge >= 0.3 is 0 Å². The summed E-state index contributed by atoms with van der Waals surface area (Å²) < 4.78 is 7.34. The first-order valence-electron chi connectivity index (χ1n) is 7.89. The number of fused-ring (bicyclic) bond motifs is 1. The number of hydrogen-bond donors (Lipinski definition) is 1. The molecule has 1 N–H and O–H groups in total. The Morgan fingerprint density at radius 3 is 2.62 bits per heavy atom. The maximum Gasteiger partial charge on any atom is 0.172 e. The Bertz CT molecular complexity index is 902. The Kier molecular flexibility index (Phi) is 4.57. The summed E-state index contributed by atoms with van der Waals surface area (Å²) in [5.41, 5.74) is 6.89. The summed E-state index contributed by atoms with van der Waals surface area (Å²) >= 11 is 0. The molecule has 0 aliphatic heterocycles. The first kappa shape index (κ1) is 16.1. The van der Waals surface area contributed by atoms with Gasteiger partial charge in [-0.25, -0.2) is 0 Å². The maximum atomic E-state index is 10.7. The number of benzene rings is 2. The maximum absolute atomic E-state index is 10.7. The highest BCUT2D eigenvalue weighted by Gasteiger charge is 2.20. The molecule has 0 amide bonds. The highest BCUT2D eigenvalue weighted by atomic mass is 16.5. The molecule has 2 aromatic carbocycles. The summed E-state index contributed by atoms with van der Waals surface area (Å²) in [7, 11) is 1.52. The summed E-state index contributed by atoms with van der Waals surface area (Å²) in [4.78, 5) is 0. The van der Waals surface area contributed by atoms with E-state index < -0.39 is 6.10 Å². The molecule has 1 atom stereocenters. The smallest absolute Gasteiger partial charge is 0.172 e. The number of aryl methyl sites for hydroxylation is 1. The highest BCUT2D eigenvalue weighted by molar-refractivity contribution is 5.82. The van der Waals surface area contributed by atoms with Crippen molar-refractivity contribution in [1.29, 1.82) is 0 Å². The standard InChI is InChI=1S/C21H21NO2/c1-4-20(24-3)21(23)19-13-17-12-15(2)10-11-18(17)22(19)14-16-8-6-5-7-9-16/h5-13,21,23H,1,14H2,2-3H3. The Labute approximate surface area is 142 Å². The van der Waals surface area contributed by atoms with E-state index in [1.807, 2.05) is 24.3 Å². The molecular formula is C21H21NO2. The van der Waals surface area contributed by atoms with Crippen LogP contribution < -0.4 is 0 Å². The summed E-state index contributed by atoms with van der Waals surface area (Å²) in [5.74, 6) is 0.323. The largest absolute Gasteiger partial charge is 0.490 e. The molecule has 0 radical (unpaired) electrons. The Balaban J connectivity index is 2.16. The van der Waals surface area contributed by atoms with E-state index in [-0.39, 0.29) is 0 Å². The van der Waals surface area contributed by atoms with Crippen molar-refractivity contribution in [3.8, 4) is 0 Å². The fourth-order valence-corrected chi connectivity index (χ4v) is 3.00. The first-order valence-corrected chi connectivity index (χ1v) is 7.89. The number of aliphatic hydroxyl groups is 1. The van der Waals surface area contributed by atoms with E-state index in [1.54, 1.807) is 0 Å². The molecule has 0 aliphatic rings. The van der Waals surface area contributed by atoms with Gasteiger partial charge < -0.3 is 14.4 Å². The van der Waals surface area contributed by atoms with E-state index in [0.29, 0.717) is 12.3 Å². The molecule has 3 nitrogen and oxygen atoms in total. The van der Waals surface area contributed by atoms with Gasteiger partial charge in [-0.2, -0.15) is 0 Å². The van der Waals surface area contributed by atoms with Crippen LogP contribution in [0, 0.1) is 6.92 Å². The van der Waals surface area contributed by atoms with Crippen LogP contribution in [0.5, 0.6) is 0 Å². The zero-order chi connectivity index (χ0) is 17.1. The SMILES string of the molecule is C=C=C(OC)C(O)c1cc2cc(C)ccc2n1Cc1ccccc1. The molecular weight excluding hydrogens is 298 g/mol. The zero-order valence-corrected chi connectivity index (χ0v) is 14.0. The van der Waals surface area contributed by atoms with Gasteiger partial charge in [0.15, 0.2) is 11.9 Å². The van der Waals surface area contributed by atoms with Crippen LogP contribution in [0.4, 0.5) is 0 Å². The molecule has 3 heteroatoms. The minimum absolute atomic E-state index is 0.323. The van der Waals surface area contributed by atoms with Crippen LogP contribution in [0.15, 0.2) is 72.7 Å². The second-order valence-corrected chi connectivity index (χ2v) is 5.85. The molecule has 0 saturated carbocycles. The average molecular weight is 319 g/mol. The predicted octanol–water partition coefficient (Wildman–Crippen LogP) is 4.35. The third-order valence-corrected chi connectivity index (χ3v) is 4.20. The Hall–Kier alpha value is -2.74. The van der Waals surface area contributed by atoms with Crippen molar-refractivity contribution in [2.75, 3.05) is 7.11 Å². The van der Waals surface area contributed by atoms with Crippen LogP contribution in [0.2, 0.25) is 0 Å². The zero-order valence-electron chi connectivity index (χ0n) is 14.0. The predicted molar refractivity (Wildman–Crippen MR) is 96.8 cm³/mol. The van der Waals surface area contributed by atoms with Gasteiger partial charge in [-0.3, -0.25) is 0 Å². The number of rotatable bonds is 5. The summed E-state index contributed by atoms with van der Waals surface area (Å²) in [6, 6.07) is 18.5.